The van der Waals surface area contributed by atoms with Crippen LogP contribution in [0.5, 0.6) is 0 Å². The van der Waals surface area contributed by atoms with E-state index in [1.807, 2.05) is 0 Å². The lowest BCUT2D eigenvalue weighted by atomic mass is 9.82. The molecule has 1 N–H and O–H groups in total. The molecule has 0 bridgehead atoms. The van der Waals surface area contributed by atoms with Crippen LogP contribution in [0.2, 0.25) is 0 Å². The maximum Gasteiger partial charge on any atom is 0.334 e. The van der Waals surface area contributed by atoms with Gasteiger partial charge in [-0.1, -0.05) is 49.6 Å². The molecule has 0 aromatic heterocycles. The van der Waals surface area contributed by atoms with Crippen LogP contribution in [0, 0.1) is 5.92 Å². The summed E-state index contributed by atoms with van der Waals surface area (Å²) in [5.41, 5.74) is 0.0802. The number of carbonyl (C=O) groups excluding carboxylic acids is 1. The number of aliphatic hydroxyl groups excluding tert-OH is 1. The second-order valence-corrected chi connectivity index (χ2v) is 5.14. The number of benzene rings is 1. The number of alkyl halides is 2. The predicted molar refractivity (Wildman–Crippen MR) is 67.9 cm³/mol. The molecule has 0 aliphatic heterocycles. The third-order valence-electron chi connectivity index (χ3n) is 3.76. The van der Waals surface area contributed by atoms with Gasteiger partial charge >= 0.3 is 5.92 Å². The quantitative estimate of drug-likeness (QED) is 0.907. The maximum atomic E-state index is 14.1. The van der Waals surface area contributed by atoms with E-state index in [0.29, 0.717) is 12.8 Å². The Kier molecular flexibility index (Phi) is 4.30. The summed E-state index contributed by atoms with van der Waals surface area (Å²) in [5.74, 6) is -5.42. The molecule has 1 fully saturated rings. The van der Waals surface area contributed by atoms with Gasteiger partial charge in [0, 0.05) is 5.92 Å². The van der Waals surface area contributed by atoms with Crippen molar-refractivity contribution in [3.63, 3.8) is 0 Å². The minimum absolute atomic E-state index is 0.0802. The van der Waals surface area contributed by atoms with E-state index in [4.69, 9.17) is 0 Å². The van der Waals surface area contributed by atoms with E-state index in [2.05, 4.69) is 0 Å². The van der Waals surface area contributed by atoms with Crippen LogP contribution >= 0.6 is 0 Å². The first-order valence-electron chi connectivity index (χ1n) is 6.68. The van der Waals surface area contributed by atoms with E-state index in [9.17, 15) is 18.7 Å². The molecular formula is C15H18F2O2. The molecule has 1 saturated carbocycles. The molecule has 0 amide bonds. The Bertz CT molecular complexity index is 425. The second-order valence-electron chi connectivity index (χ2n) is 5.14. The van der Waals surface area contributed by atoms with Crippen LogP contribution in [0.25, 0.3) is 0 Å². The van der Waals surface area contributed by atoms with Gasteiger partial charge in [-0.3, -0.25) is 4.79 Å². The van der Waals surface area contributed by atoms with Crippen molar-refractivity contribution in [1.29, 1.82) is 0 Å². The van der Waals surface area contributed by atoms with Gasteiger partial charge in [-0.15, -0.1) is 0 Å². The van der Waals surface area contributed by atoms with E-state index in [-0.39, 0.29) is 5.56 Å². The summed E-state index contributed by atoms with van der Waals surface area (Å²) in [4.78, 5) is 11.9. The second kappa shape index (κ2) is 5.78. The number of halogens is 2. The number of ketones is 1. The highest BCUT2D eigenvalue weighted by atomic mass is 19.3. The molecule has 0 spiro atoms. The van der Waals surface area contributed by atoms with Crippen molar-refractivity contribution in [2.45, 2.75) is 44.1 Å². The minimum atomic E-state index is -3.70. The molecule has 0 heterocycles. The predicted octanol–water partition coefficient (Wildman–Crippen LogP) is 3.50. The molecule has 1 aliphatic rings. The van der Waals surface area contributed by atoms with E-state index in [1.165, 1.54) is 12.1 Å². The fraction of sp³-hybridized carbons (Fsp3) is 0.533. The minimum Gasteiger partial charge on any atom is -0.382 e. The zero-order valence-electron chi connectivity index (χ0n) is 10.7. The number of Topliss-reactive ketones (excluding diaryl/α,β-unsaturated/α-hetero) is 1. The highest BCUT2D eigenvalue weighted by molar-refractivity contribution is 5.88. The van der Waals surface area contributed by atoms with E-state index in [1.54, 1.807) is 18.2 Å². The molecule has 4 heteroatoms. The van der Waals surface area contributed by atoms with Gasteiger partial charge < -0.3 is 5.11 Å². The Balaban J connectivity index is 2.14. The molecule has 19 heavy (non-hydrogen) atoms. The van der Waals surface area contributed by atoms with Crippen molar-refractivity contribution >= 4 is 5.78 Å². The Labute approximate surface area is 111 Å². The lowest BCUT2D eigenvalue weighted by molar-refractivity contribution is -0.167. The van der Waals surface area contributed by atoms with Crippen molar-refractivity contribution < 1.29 is 18.7 Å². The summed E-state index contributed by atoms with van der Waals surface area (Å²) in [6.07, 6.45) is 1.59. The molecule has 1 atom stereocenters. The summed E-state index contributed by atoms with van der Waals surface area (Å²) in [7, 11) is 0. The summed E-state index contributed by atoms with van der Waals surface area (Å²) in [6.45, 7) is 0. The summed E-state index contributed by atoms with van der Waals surface area (Å²) in [6, 6.07) is 7.64. The van der Waals surface area contributed by atoms with Crippen molar-refractivity contribution in [2.24, 2.45) is 5.92 Å². The standard InChI is InChI=1S/C15H18F2O2/c16-15(17,13(18)11-7-3-1-4-8-11)14(19)12-9-5-2-6-10-12/h1,3-4,7-8,12-13,18H,2,5-6,9-10H2. The SMILES string of the molecule is O=C(C1CCCCC1)C(F)(F)C(O)c1ccccc1. The van der Waals surface area contributed by atoms with Crippen LogP contribution in [0.3, 0.4) is 0 Å². The van der Waals surface area contributed by atoms with Gasteiger partial charge in [-0.05, 0) is 18.4 Å². The Morgan fingerprint density at radius 1 is 1.16 bits per heavy atom. The largest absolute Gasteiger partial charge is 0.382 e. The normalized spacial score (nSPS) is 19.1. The molecule has 2 rings (SSSR count). The zero-order valence-corrected chi connectivity index (χ0v) is 10.7. The fourth-order valence-electron chi connectivity index (χ4n) is 2.62. The monoisotopic (exact) mass is 268 g/mol. The molecule has 1 aromatic rings. The van der Waals surface area contributed by atoms with Gasteiger partial charge in [0.2, 0.25) is 5.78 Å². The highest BCUT2D eigenvalue weighted by Gasteiger charge is 2.49. The van der Waals surface area contributed by atoms with Crippen LogP contribution in [0.4, 0.5) is 8.78 Å². The molecular weight excluding hydrogens is 250 g/mol. The van der Waals surface area contributed by atoms with Crippen molar-refractivity contribution in [2.75, 3.05) is 0 Å². The van der Waals surface area contributed by atoms with Gasteiger partial charge in [-0.25, -0.2) is 0 Å². The van der Waals surface area contributed by atoms with Crippen LogP contribution in [-0.4, -0.2) is 16.8 Å². The van der Waals surface area contributed by atoms with Gasteiger partial charge in [0.05, 0.1) is 0 Å². The first-order chi connectivity index (χ1) is 9.03. The Morgan fingerprint density at radius 2 is 1.74 bits per heavy atom. The van der Waals surface area contributed by atoms with E-state index in [0.717, 1.165) is 19.3 Å². The third-order valence-corrected chi connectivity index (χ3v) is 3.76. The number of aliphatic hydroxyl groups is 1. The third kappa shape index (κ3) is 3.00. The molecule has 0 saturated heterocycles. The van der Waals surface area contributed by atoms with Crippen LogP contribution in [-0.2, 0) is 4.79 Å². The number of carbonyl (C=O) groups is 1. The van der Waals surface area contributed by atoms with Gasteiger partial charge in [0.1, 0.15) is 6.10 Å². The molecule has 1 aromatic carbocycles. The first kappa shape index (κ1) is 14.1. The van der Waals surface area contributed by atoms with Crippen LogP contribution in [0.15, 0.2) is 30.3 Å². The lowest BCUT2D eigenvalue weighted by Gasteiger charge is -2.28. The molecule has 0 radical (unpaired) electrons. The van der Waals surface area contributed by atoms with Crippen LogP contribution < -0.4 is 0 Å². The molecule has 1 aliphatic carbocycles. The smallest absolute Gasteiger partial charge is 0.334 e. The van der Waals surface area contributed by atoms with Crippen LogP contribution in [0.1, 0.15) is 43.8 Å². The van der Waals surface area contributed by atoms with Gasteiger partial charge in [0.15, 0.2) is 0 Å². The molecule has 2 nitrogen and oxygen atoms in total. The number of hydrogen-bond donors (Lipinski definition) is 1. The average molecular weight is 268 g/mol. The Morgan fingerprint density at radius 3 is 2.32 bits per heavy atom. The number of hydrogen-bond acceptors (Lipinski definition) is 2. The number of rotatable bonds is 4. The van der Waals surface area contributed by atoms with Crippen molar-refractivity contribution in [3.05, 3.63) is 35.9 Å². The van der Waals surface area contributed by atoms with Gasteiger partial charge in [-0.2, -0.15) is 8.78 Å². The lowest BCUT2D eigenvalue weighted by Crippen LogP contribution is -2.40. The summed E-state index contributed by atoms with van der Waals surface area (Å²) >= 11 is 0. The van der Waals surface area contributed by atoms with Crippen molar-refractivity contribution in [3.8, 4) is 0 Å². The van der Waals surface area contributed by atoms with E-state index < -0.39 is 23.7 Å². The summed E-state index contributed by atoms with van der Waals surface area (Å²) < 4.78 is 28.2. The molecule has 104 valence electrons. The first-order valence-corrected chi connectivity index (χ1v) is 6.68. The topological polar surface area (TPSA) is 37.3 Å². The van der Waals surface area contributed by atoms with Gasteiger partial charge in [0.25, 0.3) is 0 Å². The molecule has 1 unspecified atom stereocenters. The highest BCUT2D eigenvalue weighted by Crippen LogP contribution is 2.37. The average Bonchev–Trinajstić information content (AvgIpc) is 2.47. The van der Waals surface area contributed by atoms with Crippen molar-refractivity contribution in [1.82, 2.24) is 0 Å². The summed E-state index contributed by atoms with van der Waals surface area (Å²) in [5, 5.41) is 9.78. The zero-order chi connectivity index (χ0) is 13.9. The Hall–Kier alpha value is -1.29. The fourth-order valence-corrected chi connectivity index (χ4v) is 2.62. The maximum absolute atomic E-state index is 14.1. The van der Waals surface area contributed by atoms with E-state index >= 15 is 0 Å².